The molecule has 29 heavy (non-hydrogen) atoms. The van der Waals surface area contributed by atoms with Gasteiger partial charge in [-0.2, -0.15) is 0 Å². The number of benzene rings is 1. The van der Waals surface area contributed by atoms with Crippen LogP contribution in [0.5, 0.6) is 5.75 Å². The highest BCUT2D eigenvalue weighted by Crippen LogP contribution is 2.31. The van der Waals surface area contributed by atoms with Crippen molar-refractivity contribution >= 4 is 11.7 Å². The molecule has 1 aromatic heterocycles. The van der Waals surface area contributed by atoms with Gasteiger partial charge in [0.25, 0.3) is 5.91 Å². The van der Waals surface area contributed by atoms with Gasteiger partial charge in [-0.15, -0.1) is 0 Å². The zero-order valence-electron chi connectivity index (χ0n) is 17.1. The van der Waals surface area contributed by atoms with Crippen molar-refractivity contribution < 1.29 is 13.9 Å². The van der Waals surface area contributed by atoms with Gasteiger partial charge in [0.15, 0.2) is 11.6 Å². The topological polar surface area (TPSA) is 54.5 Å². The van der Waals surface area contributed by atoms with Crippen molar-refractivity contribution in [1.29, 1.82) is 0 Å². The summed E-state index contributed by atoms with van der Waals surface area (Å²) < 4.78 is 20.5. The minimum atomic E-state index is -0.333. The number of halogens is 1. The highest BCUT2D eigenvalue weighted by Gasteiger charge is 2.29. The Labute approximate surface area is 171 Å². The van der Waals surface area contributed by atoms with Crippen LogP contribution in [0.25, 0.3) is 0 Å². The van der Waals surface area contributed by atoms with Gasteiger partial charge < -0.3 is 15.0 Å². The number of fused-ring (bicyclic) bond motifs is 1. The summed E-state index contributed by atoms with van der Waals surface area (Å²) in [5, 5.41) is 3.35. The van der Waals surface area contributed by atoms with E-state index in [9.17, 15) is 9.18 Å². The first kappa shape index (κ1) is 19.7. The molecule has 1 amide bonds. The number of carbonyl (C=O) groups excluding carboxylic acids is 1. The number of aromatic nitrogens is 1. The lowest BCUT2D eigenvalue weighted by Gasteiger charge is -2.24. The van der Waals surface area contributed by atoms with Gasteiger partial charge in [0, 0.05) is 23.9 Å². The molecule has 5 nitrogen and oxygen atoms in total. The van der Waals surface area contributed by atoms with Crippen LogP contribution >= 0.6 is 0 Å². The SMILES string of the molecule is CCN1Cc2c(ccnc2NC(C)c2ccc(OC3CCCCC3)c(F)c2)C1=O. The molecule has 0 bridgehead atoms. The number of nitrogens with one attached hydrogen (secondary N) is 1. The number of rotatable bonds is 6. The number of hydrogen-bond acceptors (Lipinski definition) is 4. The third-order valence-corrected chi connectivity index (χ3v) is 5.96. The van der Waals surface area contributed by atoms with E-state index in [1.807, 2.05) is 19.9 Å². The Kier molecular flexibility index (Phi) is 5.69. The fourth-order valence-corrected chi connectivity index (χ4v) is 4.20. The second-order valence-corrected chi connectivity index (χ2v) is 7.94. The van der Waals surface area contributed by atoms with Crippen LogP contribution in [0.4, 0.5) is 10.2 Å². The zero-order valence-corrected chi connectivity index (χ0v) is 17.1. The smallest absolute Gasteiger partial charge is 0.254 e. The normalized spacial score (nSPS) is 17.9. The Morgan fingerprint density at radius 3 is 2.79 bits per heavy atom. The maximum atomic E-state index is 14.7. The highest BCUT2D eigenvalue weighted by atomic mass is 19.1. The summed E-state index contributed by atoms with van der Waals surface area (Å²) in [4.78, 5) is 18.6. The van der Waals surface area contributed by atoms with Crippen LogP contribution in [0.3, 0.4) is 0 Å². The maximum absolute atomic E-state index is 14.7. The van der Waals surface area contributed by atoms with Crippen LogP contribution in [-0.2, 0) is 6.54 Å². The second kappa shape index (κ2) is 8.39. The minimum Gasteiger partial charge on any atom is -0.487 e. The van der Waals surface area contributed by atoms with Crippen LogP contribution in [0.2, 0.25) is 0 Å². The number of anilines is 1. The predicted octanol–water partition coefficient (Wildman–Crippen LogP) is 5.08. The molecule has 0 spiro atoms. The van der Waals surface area contributed by atoms with Gasteiger partial charge in [-0.25, -0.2) is 9.37 Å². The van der Waals surface area contributed by atoms with Crippen LogP contribution in [0.1, 0.15) is 73.5 Å². The molecule has 0 radical (unpaired) electrons. The first-order valence-electron chi connectivity index (χ1n) is 10.6. The molecular formula is C23H28FN3O2. The number of hydrogen-bond donors (Lipinski definition) is 1. The average Bonchev–Trinajstić information content (AvgIpc) is 3.07. The Hall–Kier alpha value is -2.63. The number of ether oxygens (including phenoxy) is 1. The minimum absolute atomic E-state index is 0.0378. The predicted molar refractivity (Wildman–Crippen MR) is 111 cm³/mol. The molecular weight excluding hydrogens is 369 g/mol. The third kappa shape index (κ3) is 4.07. The van der Waals surface area contributed by atoms with Gasteiger partial charge >= 0.3 is 0 Å². The molecule has 2 heterocycles. The van der Waals surface area contributed by atoms with Crippen molar-refractivity contribution in [2.45, 2.75) is 64.6 Å². The molecule has 1 aliphatic heterocycles. The summed E-state index contributed by atoms with van der Waals surface area (Å²) in [6, 6.07) is 6.76. The Bertz CT molecular complexity index is 896. The van der Waals surface area contributed by atoms with Crippen LogP contribution < -0.4 is 10.1 Å². The van der Waals surface area contributed by atoms with E-state index in [0.29, 0.717) is 30.2 Å². The van der Waals surface area contributed by atoms with Crippen molar-refractivity contribution in [2.24, 2.45) is 0 Å². The first-order valence-corrected chi connectivity index (χ1v) is 10.6. The molecule has 0 saturated heterocycles. The molecule has 1 saturated carbocycles. The van der Waals surface area contributed by atoms with E-state index in [1.165, 1.54) is 12.5 Å². The molecule has 1 atom stereocenters. The van der Waals surface area contributed by atoms with Crippen LogP contribution in [-0.4, -0.2) is 28.4 Å². The second-order valence-electron chi connectivity index (χ2n) is 7.94. The quantitative estimate of drug-likeness (QED) is 0.738. The molecule has 6 heteroatoms. The lowest BCUT2D eigenvalue weighted by Crippen LogP contribution is -2.22. The largest absolute Gasteiger partial charge is 0.487 e. The molecule has 154 valence electrons. The molecule has 2 aromatic rings. The molecule has 1 aliphatic carbocycles. The van der Waals surface area contributed by atoms with Gasteiger partial charge in [0.05, 0.1) is 18.7 Å². The van der Waals surface area contributed by atoms with Crippen molar-refractivity contribution in [1.82, 2.24) is 9.88 Å². The Morgan fingerprint density at radius 1 is 1.28 bits per heavy atom. The van der Waals surface area contributed by atoms with E-state index in [0.717, 1.165) is 36.8 Å². The van der Waals surface area contributed by atoms with Gasteiger partial charge in [-0.05, 0) is 63.3 Å². The molecule has 1 unspecified atom stereocenters. The van der Waals surface area contributed by atoms with Gasteiger partial charge in [-0.1, -0.05) is 12.5 Å². The van der Waals surface area contributed by atoms with Crippen LogP contribution in [0, 0.1) is 5.82 Å². The average molecular weight is 397 g/mol. The number of pyridine rings is 1. The van der Waals surface area contributed by atoms with Gasteiger partial charge in [0.2, 0.25) is 0 Å². The van der Waals surface area contributed by atoms with Crippen molar-refractivity contribution in [2.75, 3.05) is 11.9 Å². The lowest BCUT2D eigenvalue weighted by atomic mass is 9.98. The third-order valence-electron chi connectivity index (χ3n) is 5.96. The fourth-order valence-electron chi connectivity index (χ4n) is 4.20. The summed E-state index contributed by atoms with van der Waals surface area (Å²) in [5.41, 5.74) is 2.41. The highest BCUT2D eigenvalue weighted by molar-refractivity contribution is 5.99. The lowest BCUT2D eigenvalue weighted by molar-refractivity contribution is 0.0787. The van der Waals surface area contributed by atoms with E-state index in [-0.39, 0.29) is 23.9 Å². The summed E-state index contributed by atoms with van der Waals surface area (Å²) in [6.45, 7) is 5.14. The first-order chi connectivity index (χ1) is 14.1. The van der Waals surface area contributed by atoms with Crippen molar-refractivity contribution in [3.8, 4) is 5.75 Å². The zero-order chi connectivity index (χ0) is 20.4. The summed E-state index contributed by atoms with van der Waals surface area (Å²) in [6.07, 6.45) is 7.30. The monoisotopic (exact) mass is 397 g/mol. The fraction of sp³-hybridized carbons (Fsp3) is 0.478. The summed E-state index contributed by atoms with van der Waals surface area (Å²) >= 11 is 0. The molecule has 1 aromatic carbocycles. The molecule has 1 fully saturated rings. The summed E-state index contributed by atoms with van der Waals surface area (Å²) in [5.74, 6) is 0.717. The molecule has 1 N–H and O–H groups in total. The molecule has 4 rings (SSSR count). The van der Waals surface area contributed by atoms with E-state index < -0.39 is 0 Å². The van der Waals surface area contributed by atoms with Gasteiger partial charge in [0.1, 0.15) is 5.82 Å². The number of nitrogens with zero attached hydrogens (tertiary/aromatic N) is 2. The molecule has 2 aliphatic rings. The van der Waals surface area contributed by atoms with E-state index in [1.54, 1.807) is 23.2 Å². The van der Waals surface area contributed by atoms with Crippen molar-refractivity contribution in [3.63, 3.8) is 0 Å². The standard InChI is InChI=1S/C23H28FN3O2/c1-3-27-14-19-18(23(27)28)11-12-25-22(19)26-15(2)16-9-10-21(20(24)13-16)29-17-7-5-4-6-8-17/h9-13,15,17H,3-8,14H2,1-2H3,(H,25,26). The Balaban J connectivity index is 1.48. The van der Waals surface area contributed by atoms with E-state index in [4.69, 9.17) is 4.74 Å². The number of amides is 1. The number of carbonyl (C=O) groups is 1. The van der Waals surface area contributed by atoms with Crippen molar-refractivity contribution in [3.05, 3.63) is 53.0 Å². The van der Waals surface area contributed by atoms with Crippen LogP contribution in [0.15, 0.2) is 30.5 Å². The maximum Gasteiger partial charge on any atom is 0.254 e. The van der Waals surface area contributed by atoms with Gasteiger partial charge in [-0.3, -0.25) is 4.79 Å². The summed E-state index contributed by atoms with van der Waals surface area (Å²) in [7, 11) is 0. The van der Waals surface area contributed by atoms with E-state index in [2.05, 4.69) is 10.3 Å². The Morgan fingerprint density at radius 2 is 2.07 bits per heavy atom. The van der Waals surface area contributed by atoms with E-state index >= 15 is 0 Å².